The standard InChI is InChI=1S/C19H32N4O.HI/c1-4-20-18(21-11-10-17-8-6-5-7-9-17)22-16-19(2,3)23-12-14-24-15-13-23;/h5-9H,4,10-16H2,1-3H3,(H2,20,21,22);1H. The Bertz CT molecular complexity index is 501. The molecule has 0 bridgehead atoms. The maximum atomic E-state index is 5.45. The van der Waals surface area contributed by atoms with Crippen molar-refractivity contribution < 1.29 is 4.74 Å². The van der Waals surface area contributed by atoms with Crippen LogP contribution < -0.4 is 10.6 Å². The number of hydrogen-bond donors (Lipinski definition) is 2. The van der Waals surface area contributed by atoms with E-state index in [1.54, 1.807) is 0 Å². The zero-order valence-electron chi connectivity index (χ0n) is 15.8. The number of nitrogens with zero attached hydrogens (tertiary/aromatic N) is 2. The Balaban J connectivity index is 0.00000312. The molecule has 0 aliphatic carbocycles. The smallest absolute Gasteiger partial charge is 0.191 e. The van der Waals surface area contributed by atoms with Gasteiger partial charge in [-0.25, -0.2) is 0 Å². The van der Waals surface area contributed by atoms with Crippen LogP contribution >= 0.6 is 24.0 Å². The second-order valence-electron chi connectivity index (χ2n) is 6.77. The SMILES string of the molecule is CCNC(=NCC(C)(C)N1CCOCC1)NCCc1ccccc1.I. The zero-order chi connectivity index (χ0) is 17.3. The largest absolute Gasteiger partial charge is 0.379 e. The number of benzene rings is 1. The topological polar surface area (TPSA) is 48.9 Å². The number of hydrogen-bond acceptors (Lipinski definition) is 3. The van der Waals surface area contributed by atoms with Crippen LogP contribution in [0, 0.1) is 0 Å². The lowest BCUT2D eigenvalue weighted by molar-refractivity contribution is -0.00683. The molecule has 1 aliphatic heterocycles. The van der Waals surface area contributed by atoms with Gasteiger partial charge < -0.3 is 15.4 Å². The van der Waals surface area contributed by atoms with Crippen molar-refractivity contribution in [1.29, 1.82) is 0 Å². The highest BCUT2D eigenvalue weighted by molar-refractivity contribution is 14.0. The Morgan fingerprint density at radius 2 is 1.84 bits per heavy atom. The third-order valence-corrected chi connectivity index (χ3v) is 4.38. The lowest BCUT2D eigenvalue weighted by Crippen LogP contribution is -2.52. The Morgan fingerprint density at radius 1 is 1.16 bits per heavy atom. The van der Waals surface area contributed by atoms with E-state index in [0.29, 0.717) is 0 Å². The summed E-state index contributed by atoms with van der Waals surface area (Å²) in [5.74, 6) is 0.898. The number of halogens is 1. The number of rotatable bonds is 7. The summed E-state index contributed by atoms with van der Waals surface area (Å²) in [5.41, 5.74) is 1.39. The molecule has 6 heteroatoms. The minimum absolute atomic E-state index is 0. The summed E-state index contributed by atoms with van der Waals surface area (Å²) in [7, 11) is 0. The fourth-order valence-corrected chi connectivity index (χ4v) is 2.85. The fourth-order valence-electron chi connectivity index (χ4n) is 2.85. The Hall–Kier alpha value is -0.860. The van der Waals surface area contributed by atoms with E-state index < -0.39 is 0 Å². The van der Waals surface area contributed by atoms with E-state index in [9.17, 15) is 0 Å². The van der Waals surface area contributed by atoms with Crippen molar-refractivity contribution in [2.24, 2.45) is 4.99 Å². The van der Waals surface area contributed by atoms with Gasteiger partial charge in [0.05, 0.1) is 19.8 Å². The average Bonchev–Trinajstić information content (AvgIpc) is 2.61. The molecular formula is C19H33IN4O. The molecule has 0 aromatic heterocycles. The summed E-state index contributed by atoms with van der Waals surface area (Å²) in [6.45, 7) is 12.8. The second kappa shape index (κ2) is 11.7. The molecule has 0 spiro atoms. The minimum atomic E-state index is 0. The summed E-state index contributed by atoms with van der Waals surface area (Å²) in [5, 5.41) is 6.78. The van der Waals surface area contributed by atoms with Gasteiger partial charge in [0.25, 0.3) is 0 Å². The van der Waals surface area contributed by atoms with Crippen molar-refractivity contribution in [2.75, 3.05) is 45.9 Å². The van der Waals surface area contributed by atoms with Gasteiger partial charge in [-0.3, -0.25) is 9.89 Å². The molecule has 0 saturated carbocycles. The van der Waals surface area contributed by atoms with Gasteiger partial charge in [-0.2, -0.15) is 0 Å². The molecule has 5 nitrogen and oxygen atoms in total. The third kappa shape index (κ3) is 7.92. The molecular weight excluding hydrogens is 427 g/mol. The van der Waals surface area contributed by atoms with Crippen molar-refractivity contribution in [1.82, 2.24) is 15.5 Å². The summed E-state index contributed by atoms with van der Waals surface area (Å²) < 4.78 is 5.45. The fraction of sp³-hybridized carbons (Fsp3) is 0.632. The molecule has 0 atom stereocenters. The van der Waals surface area contributed by atoms with Crippen molar-refractivity contribution in [2.45, 2.75) is 32.7 Å². The van der Waals surface area contributed by atoms with Crippen LogP contribution in [0.15, 0.2) is 35.3 Å². The zero-order valence-corrected chi connectivity index (χ0v) is 18.1. The molecule has 0 radical (unpaired) electrons. The van der Waals surface area contributed by atoms with E-state index in [-0.39, 0.29) is 29.5 Å². The average molecular weight is 460 g/mol. The van der Waals surface area contributed by atoms with Gasteiger partial charge in [-0.05, 0) is 32.8 Å². The van der Waals surface area contributed by atoms with Crippen molar-refractivity contribution >= 4 is 29.9 Å². The third-order valence-electron chi connectivity index (χ3n) is 4.38. The van der Waals surface area contributed by atoms with E-state index >= 15 is 0 Å². The first kappa shape index (κ1) is 22.2. The van der Waals surface area contributed by atoms with Crippen LogP contribution in [0.4, 0.5) is 0 Å². The summed E-state index contributed by atoms with van der Waals surface area (Å²) in [4.78, 5) is 7.27. The maximum absolute atomic E-state index is 5.45. The van der Waals surface area contributed by atoms with E-state index in [4.69, 9.17) is 9.73 Å². The number of aliphatic imine (C=N–C) groups is 1. The molecule has 1 aliphatic rings. The number of guanidine groups is 1. The van der Waals surface area contributed by atoms with Gasteiger partial charge in [0, 0.05) is 31.7 Å². The molecule has 1 aromatic rings. The van der Waals surface area contributed by atoms with Crippen molar-refractivity contribution in [3.05, 3.63) is 35.9 Å². The Morgan fingerprint density at radius 3 is 2.48 bits per heavy atom. The van der Waals surface area contributed by atoms with E-state index in [2.05, 4.69) is 66.6 Å². The Labute approximate surface area is 169 Å². The molecule has 25 heavy (non-hydrogen) atoms. The van der Waals surface area contributed by atoms with Crippen molar-refractivity contribution in [3.8, 4) is 0 Å². The normalized spacial score (nSPS) is 16.2. The first-order valence-electron chi connectivity index (χ1n) is 9.01. The van der Waals surface area contributed by atoms with Crippen LogP contribution in [-0.4, -0.2) is 62.3 Å². The van der Waals surface area contributed by atoms with Crippen molar-refractivity contribution in [3.63, 3.8) is 0 Å². The molecule has 0 amide bonds. The highest BCUT2D eigenvalue weighted by Crippen LogP contribution is 2.16. The molecule has 2 rings (SSSR count). The highest BCUT2D eigenvalue weighted by atomic mass is 127. The van der Waals surface area contributed by atoms with Crippen LogP contribution in [0.2, 0.25) is 0 Å². The molecule has 0 unspecified atom stereocenters. The van der Waals surface area contributed by atoms with Crippen LogP contribution in [0.5, 0.6) is 0 Å². The second-order valence-corrected chi connectivity index (χ2v) is 6.77. The predicted molar refractivity (Wildman–Crippen MR) is 116 cm³/mol. The predicted octanol–water partition coefficient (Wildman–Crippen LogP) is 2.51. The maximum Gasteiger partial charge on any atom is 0.191 e. The van der Waals surface area contributed by atoms with Gasteiger partial charge in [0.2, 0.25) is 0 Å². The quantitative estimate of drug-likeness (QED) is 0.373. The van der Waals surface area contributed by atoms with Gasteiger partial charge in [0.1, 0.15) is 0 Å². The lowest BCUT2D eigenvalue weighted by Gasteiger charge is -2.39. The molecule has 1 aromatic carbocycles. The van der Waals surface area contributed by atoms with E-state index in [0.717, 1.165) is 58.3 Å². The van der Waals surface area contributed by atoms with Gasteiger partial charge >= 0.3 is 0 Å². The number of ether oxygens (including phenoxy) is 1. The van der Waals surface area contributed by atoms with Gasteiger partial charge in [0.15, 0.2) is 5.96 Å². The minimum Gasteiger partial charge on any atom is -0.379 e. The van der Waals surface area contributed by atoms with E-state index in [1.165, 1.54) is 5.56 Å². The van der Waals surface area contributed by atoms with Gasteiger partial charge in [-0.1, -0.05) is 30.3 Å². The molecule has 2 N–H and O–H groups in total. The molecule has 1 saturated heterocycles. The number of nitrogens with one attached hydrogen (secondary N) is 2. The monoisotopic (exact) mass is 460 g/mol. The lowest BCUT2D eigenvalue weighted by atomic mass is 10.0. The summed E-state index contributed by atoms with van der Waals surface area (Å²) in [6.07, 6.45) is 0.998. The Kier molecular flexibility index (Phi) is 10.4. The molecule has 1 fully saturated rings. The van der Waals surface area contributed by atoms with Crippen LogP contribution in [-0.2, 0) is 11.2 Å². The first-order valence-corrected chi connectivity index (χ1v) is 9.01. The first-order chi connectivity index (χ1) is 11.6. The van der Waals surface area contributed by atoms with Crippen LogP contribution in [0.1, 0.15) is 26.3 Å². The highest BCUT2D eigenvalue weighted by Gasteiger charge is 2.27. The summed E-state index contributed by atoms with van der Waals surface area (Å²) in [6, 6.07) is 10.5. The summed E-state index contributed by atoms with van der Waals surface area (Å²) >= 11 is 0. The van der Waals surface area contributed by atoms with Gasteiger partial charge in [-0.15, -0.1) is 24.0 Å². The van der Waals surface area contributed by atoms with E-state index in [1.807, 2.05) is 0 Å². The van der Waals surface area contributed by atoms with Crippen LogP contribution in [0.3, 0.4) is 0 Å². The number of morpholine rings is 1. The van der Waals surface area contributed by atoms with Crippen LogP contribution in [0.25, 0.3) is 0 Å². The molecule has 142 valence electrons. The molecule has 1 heterocycles.